The van der Waals surface area contributed by atoms with Gasteiger partial charge >= 0.3 is 0 Å². The minimum Gasteiger partial charge on any atom is -0.455 e. The lowest BCUT2D eigenvalue weighted by Gasteiger charge is -2.11. The topological polar surface area (TPSA) is 9.23 Å². The van der Waals surface area contributed by atoms with Crippen LogP contribution in [0.25, 0.3) is 0 Å². The normalized spacial score (nSPS) is 10.4. The van der Waals surface area contributed by atoms with Crippen molar-refractivity contribution in [1.82, 2.24) is 0 Å². The summed E-state index contributed by atoms with van der Waals surface area (Å²) in [6.07, 6.45) is 2.01. The summed E-state index contributed by atoms with van der Waals surface area (Å²) in [5, 5.41) is 0.573. The molecule has 0 saturated heterocycles. The number of rotatable bonds is 4. The third kappa shape index (κ3) is 3.14. The monoisotopic (exact) mass is 298 g/mol. The Kier molecular flexibility index (Phi) is 4.81. The van der Waals surface area contributed by atoms with Crippen LogP contribution in [0.4, 0.5) is 0 Å². The predicted octanol–water partition coefficient (Wildman–Crippen LogP) is 5.59. The molecule has 0 N–H and O–H groups in total. The molecule has 2 aromatic rings. The molecular formula is C14H12Cl2OS. The van der Waals surface area contributed by atoms with Crippen LogP contribution in [-0.2, 0) is 5.88 Å². The van der Waals surface area contributed by atoms with E-state index in [1.54, 1.807) is 11.8 Å². The first kappa shape index (κ1) is 13.6. The van der Waals surface area contributed by atoms with Gasteiger partial charge < -0.3 is 4.74 Å². The number of thioether (sulfide) groups is 1. The molecule has 1 nitrogen and oxygen atoms in total. The first-order valence-electron chi connectivity index (χ1n) is 5.40. The summed E-state index contributed by atoms with van der Waals surface area (Å²) in [4.78, 5) is 1.08. The van der Waals surface area contributed by atoms with Crippen LogP contribution in [-0.4, -0.2) is 6.26 Å². The Hall–Kier alpha value is -0.830. The van der Waals surface area contributed by atoms with E-state index in [2.05, 4.69) is 0 Å². The molecule has 2 aromatic carbocycles. The minimum absolute atomic E-state index is 0.446. The Bertz CT molecular complexity index is 543. The van der Waals surface area contributed by atoms with Gasteiger partial charge in [0.05, 0.1) is 5.02 Å². The van der Waals surface area contributed by atoms with Gasteiger partial charge in [-0.3, -0.25) is 0 Å². The van der Waals surface area contributed by atoms with E-state index in [4.69, 9.17) is 27.9 Å². The summed E-state index contributed by atoms with van der Waals surface area (Å²) >= 11 is 13.6. The molecule has 0 radical (unpaired) electrons. The maximum absolute atomic E-state index is 6.16. The van der Waals surface area contributed by atoms with E-state index in [9.17, 15) is 0 Å². The molecule has 2 rings (SSSR count). The fourth-order valence-electron chi connectivity index (χ4n) is 1.53. The van der Waals surface area contributed by atoms with Crippen molar-refractivity contribution in [1.29, 1.82) is 0 Å². The predicted molar refractivity (Wildman–Crippen MR) is 79.3 cm³/mol. The molecule has 0 spiro atoms. The molecule has 94 valence electrons. The largest absolute Gasteiger partial charge is 0.455 e. The summed E-state index contributed by atoms with van der Waals surface area (Å²) < 4.78 is 5.83. The van der Waals surface area contributed by atoms with Crippen molar-refractivity contribution < 1.29 is 4.74 Å². The van der Waals surface area contributed by atoms with Crippen molar-refractivity contribution in [2.24, 2.45) is 0 Å². The van der Waals surface area contributed by atoms with Gasteiger partial charge in [-0.1, -0.05) is 29.8 Å². The molecule has 0 unspecified atom stereocenters. The van der Waals surface area contributed by atoms with Gasteiger partial charge in [-0.25, -0.2) is 0 Å². The van der Waals surface area contributed by atoms with Gasteiger partial charge in [0.1, 0.15) is 11.5 Å². The minimum atomic E-state index is 0.446. The van der Waals surface area contributed by atoms with E-state index in [1.165, 1.54) is 0 Å². The molecule has 0 aromatic heterocycles. The number of halogens is 2. The molecule has 0 aliphatic rings. The highest BCUT2D eigenvalue weighted by molar-refractivity contribution is 7.98. The molecule has 0 atom stereocenters. The van der Waals surface area contributed by atoms with E-state index < -0.39 is 0 Å². The second-order valence-electron chi connectivity index (χ2n) is 3.65. The summed E-state index contributed by atoms with van der Waals surface area (Å²) in [6, 6.07) is 13.4. The quantitative estimate of drug-likeness (QED) is 0.537. The van der Waals surface area contributed by atoms with Crippen molar-refractivity contribution in [2.75, 3.05) is 6.26 Å². The molecule has 0 aliphatic carbocycles. The fourth-order valence-corrected chi connectivity index (χ4v) is 2.47. The Morgan fingerprint density at radius 1 is 1.11 bits per heavy atom. The molecule has 18 heavy (non-hydrogen) atoms. The van der Waals surface area contributed by atoms with Crippen LogP contribution in [0, 0.1) is 0 Å². The smallest absolute Gasteiger partial charge is 0.146 e. The molecule has 0 aliphatic heterocycles. The zero-order valence-electron chi connectivity index (χ0n) is 9.82. The lowest BCUT2D eigenvalue weighted by molar-refractivity contribution is 0.471. The Balaban J connectivity index is 2.28. The number of benzene rings is 2. The van der Waals surface area contributed by atoms with Crippen LogP contribution in [0.15, 0.2) is 47.4 Å². The van der Waals surface area contributed by atoms with Gasteiger partial charge in [0.2, 0.25) is 0 Å². The summed E-state index contributed by atoms with van der Waals surface area (Å²) in [5.74, 6) is 1.90. The number of alkyl halides is 1. The van der Waals surface area contributed by atoms with Crippen LogP contribution >= 0.6 is 35.0 Å². The maximum Gasteiger partial charge on any atom is 0.146 e. The van der Waals surface area contributed by atoms with Crippen LogP contribution in [0.5, 0.6) is 11.5 Å². The zero-order chi connectivity index (χ0) is 13.0. The van der Waals surface area contributed by atoms with E-state index >= 15 is 0 Å². The van der Waals surface area contributed by atoms with Gasteiger partial charge in [0.15, 0.2) is 0 Å². The van der Waals surface area contributed by atoms with Gasteiger partial charge in [0, 0.05) is 10.8 Å². The van der Waals surface area contributed by atoms with E-state index in [-0.39, 0.29) is 0 Å². The maximum atomic E-state index is 6.16. The first-order valence-corrected chi connectivity index (χ1v) is 7.53. The highest BCUT2D eigenvalue weighted by Crippen LogP contribution is 2.35. The average molecular weight is 299 g/mol. The average Bonchev–Trinajstić information content (AvgIpc) is 2.41. The molecule has 0 bridgehead atoms. The van der Waals surface area contributed by atoms with Gasteiger partial charge in [0.25, 0.3) is 0 Å². The van der Waals surface area contributed by atoms with Gasteiger partial charge in [-0.2, -0.15) is 0 Å². The third-order valence-corrected chi connectivity index (χ3v) is 3.82. The van der Waals surface area contributed by atoms with Gasteiger partial charge in [-0.15, -0.1) is 23.4 Å². The Labute approximate surface area is 121 Å². The standard InChI is InChI=1S/C14H12Cl2OS/c1-18-14-5-3-2-4-13(14)17-12-7-6-10(9-15)8-11(12)16/h2-8H,9H2,1H3. The SMILES string of the molecule is CSc1ccccc1Oc1ccc(CCl)cc1Cl. The molecule has 0 heterocycles. The number of ether oxygens (including phenoxy) is 1. The van der Waals surface area contributed by atoms with E-state index in [0.717, 1.165) is 16.2 Å². The fraction of sp³-hybridized carbons (Fsp3) is 0.143. The lowest BCUT2D eigenvalue weighted by atomic mass is 10.2. The van der Waals surface area contributed by atoms with Gasteiger partial charge in [-0.05, 0) is 36.1 Å². The summed E-state index contributed by atoms with van der Waals surface area (Å²) in [7, 11) is 0. The number of para-hydroxylation sites is 1. The highest BCUT2D eigenvalue weighted by atomic mass is 35.5. The lowest BCUT2D eigenvalue weighted by Crippen LogP contribution is -1.88. The van der Waals surface area contributed by atoms with Crippen LogP contribution in [0.2, 0.25) is 5.02 Å². The van der Waals surface area contributed by atoms with Crippen LogP contribution in [0.1, 0.15) is 5.56 Å². The molecule has 0 fully saturated rings. The van der Waals surface area contributed by atoms with E-state index in [1.807, 2.05) is 48.7 Å². The van der Waals surface area contributed by atoms with Crippen molar-refractivity contribution in [2.45, 2.75) is 10.8 Å². The van der Waals surface area contributed by atoms with Crippen molar-refractivity contribution in [3.63, 3.8) is 0 Å². The Morgan fingerprint density at radius 2 is 1.89 bits per heavy atom. The van der Waals surface area contributed by atoms with Crippen molar-refractivity contribution in [3.05, 3.63) is 53.1 Å². The second kappa shape index (κ2) is 6.37. The molecule has 0 amide bonds. The first-order chi connectivity index (χ1) is 8.74. The number of hydrogen-bond donors (Lipinski definition) is 0. The Morgan fingerprint density at radius 3 is 2.56 bits per heavy atom. The summed E-state index contributed by atoms with van der Waals surface area (Å²) in [5.41, 5.74) is 0.979. The van der Waals surface area contributed by atoms with Crippen LogP contribution in [0.3, 0.4) is 0 Å². The van der Waals surface area contributed by atoms with Crippen molar-refractivity contribution in [3.8, 4) is 11.5 Å². The molecular weight excluding hydrogens is 287 g/mol. The zero-order valence-corrected chi connectivity index (χ0v) is 12.1. The molecule has 4 heteroatoms. The third-order valence-electron chi connectivity index (χ3n) is 2.44. The molecule has 0 saturated carbocycles. The van der Waals surface area contributed by atoms with Crippen molar-refractivity contribution >= 4 is 35.0 Å². The highest BCUT2D eigenvalue weighted by Gasteiger charge is 2.07. The number of hydrogen-bond acceptors (Lipinski definition) is 2. The van der Waals surface area contributed by atoms with Crippen LogP contribution < -0.4 is 4.74 Å². The second-order valence-corrected chi connectivity index (χ2v) is 5.17. The summed E-state index contributed by atoms with van der Waals surface area (Å²) in [6.45, 7) is 0. The van der Waals surface area contributed by atoms with E-state index in [0.29, 0.717) is 16.7 Å².